The first-order valence-corrected chi connectivity index (χ1v) is 19.9. The summed E-state index contributed by atoms with van der Waals surface area (Å²) in [6.45, 7) is 7.77. The summed E-state index contributed by atoms with van der Waals surface area (Å²) < 4.78 is 46.3. The number of nitrogens with zero attached hydrogens (tertiary/aromatic N) is 4. The van der Waals surface area contributed by atoms with Crippen molar-refractivity contribution in [3.8, 4) is 0 Å². The summed E-state index contributed by atoms with van der Waals surface area (Å²) in [5, 5.41) is 0. The molecule has 3 saturated heterocycles. The van der Waals surface area contributed by atoms with Crippen molar-refractivity contribution in [2.45, 2.75) is 113 Å². The van der Waals surface area contributed by atoms with Gasteiger partial charge in [-0.05, 0) is 138 Å². The number of halogens is 1. The molecule has 3 aromatic carbocycles. The lowest BCUT2D eigenvalue weighted by Crippen LogP contribution is -2.49. The van der Waals surface area contributed by atoms with Crippen molar-refractivity contribution in [1.82, 2.24) is 24.1 Å². The van der Waals surface area contributed by atoms with E-state index in [9.17, 15) is 17.6 Å². The van der Waals surface area contributed by atoms with E-state index in [-0.39, 0.29) is 28.1 Å². The molecule has 0 spiro atoms. The molecule has 10 heteroatoms. The summed E-state index contributed by atoms with van der Waals surface area (Å²) in [5.41, 5.74) is 4.80. The van der Waals surface area contributed by atoms with Crippen molar-refractivity contribution in [1.29, 1.82) is 0 Å². The number of aryl methyl sites for hydroxylation is 2. The Kier molecular flexibility index (Phi) is 8.63. The predicted molar refractivity (Wildman–Crippen MR) is 193 cm³/mol. The van der Waals surface area contributed by atoms with Crippen molar-refractivity contribution in [2.24, 2.45) is 0 Å². The molecule has 8 rings (SSSR count). The number of likely N-dealkylation sites (tertiary alicyclic amines) is 1. The Morgan fingerprint density at radius 3 is 2.34 bits per heavy atom. The zero-order chi connectivity index (χ0) is 34.8. The van der Waals surface area contributed by atoms with Crippen LogP contribution < -0.4 is 4.72 Å². The number of rotatable bonds is 9. The molecule has 0 radical (unpaired) electrons. The van der Waals surface area contributed by atoms with Crippen LogP contribution in [0.25, 0.3) is 11.0 Å². The second kappa shape index (κ2) is 12.9. The van der Waals surface area contributed by atoms with Crippen LogP contribution in [-0.4, -0.2) is 71.4 Å². The van der Waals surface area contributed by atoms with Crippen LogP contribution in [0, 0.1) is 26.6 Å². The van der Waals surface area contributed by atoms with Gasteiger partial charge >= 0.3 is 0 Å². The molecule has 2 unspecified atom stereocenters. The Balaban J connectivity index is 0.997. The number of imidazole rings is 1. The minimum atomic E-state index is -3.71. The molecule has 2 atom stereocenters. The number of hydrogen-bond acceptors (Lipinski definition) is 5. The van der Waals surface area contributed by atoms with E-state index in [1.54, 1.807) is 25.1 Å². The Hall–Kier alpha value is -3.60. The van der Waals surface area contributed by atoms with Gasteiger partial charge in [0, 0.05) is 42.8 Å². The number of carbonyl (C=O) groups excluding carboxylic acids is 1. The molecule has 264 valence electrons. The Labute approximate surface area is 295 Å². The van der Waals surface area contributed by atoms with Gasteiger partial charge in [0.2, 0.25) is 10.0 Å². The third-order valence-corrected chi connectivity index (χ3v) is 14.0. The molecule has 8 nitrogen and oxygen atoms in total. The first-order chi connectivity index (χ1) is 24.0. The smallest absolute Gasteiger partial charge is 0.254 e. The number of sulfonamides is 1. The highest BCUT2D eigenvalue weighted by Gasteiger charge is 2.44. The molecule has 4 fully saturated rings. The summed E-state index contributed by atoms with van der Waals surface area (Å²) in [7, 11) is -3.71. The standard InChI is InChI=1S/C40H48FN5O3S/c1-26-11-16-37(50(48,49)43-31-12-13-31)27(2)38(26)39(47)44-20-17-40(18-21-44,29-7-6-8-30(41)23-29)19-22-45-32-14-15-33(45)25-34(24-32)46-28(3)42-35-9-4-5-10-36(35)46/h4-11,16,23,31-34,43H,12-15,17-22,24-25H2,1-3H3. The van der Waals surface area contributed by atoms with E-state index >= 15 is 0 Å². The van der Waals surface area contributed by atoms with E-state index < -0.39 is 10.0 Å². The molecule has 3 aliphatic heterocycles. The Bertz CT molecular complexity index is 2030. The van der Waals surface area contributed by atoms with Crippen LogP contribution in [0.1, 0.15) is 96.7 Å². The van der Waals surface area contributed by atoms with E-state index in [0.717, 1.165) is 74.0 Å². The van der Waals surface area contributed by atoms with Crippen LogP contribution in [0.5, 0.6) is 0 Å². The molecule has 50 heavy (non-hydrogen) atoms. The van der Waals surface area contributed by atoms with Crippen molar-refractivity contribution < 1.29 is 17.6 Å². The van der Waals surface area contributed by atoms with E-state index in [2.05, 4.69) is 51.4 Å². The predicted octanol–water partition coefficient (Wildman–Crippen LogP) is 6.97. The van der Waals surface area contributed by atoms with Gasteiger partial charge in [0.1, 0.15) is 11.6 Å². The average Bonchev–Trinajstić information content (AvgIpc) is 3.78. The Morgan fingerprint density at radius 1 is 0.920 bits per heavy atom. The minimum absolute atomic E-state index is 0.0133. The third-order valence-electron chi connectivity index (χ3n) is 12.3. The van der Waals surface area contributed by atoms with Crippen LogP contribution in [0.2, 0.25) is 0 Å². The molecule has 4 aliphatic rings. The van der Waals surface area contributed by atoms with Gasteiger partial charge in [-0.2, -0.15) is 0 Å². The van der Waals surface area contributed by atoms with Crippen molar-refractivity contribution in [3.05, 3.63) is 94.6 Å². The van der Waals surface area contributed by atoms with Gasteiger partial charge in [-0.25, -0.2) is 22.5 Å². The normalized spacial score (nSPS) is 23.8. The molecule has 1 amide bonds. The number of benzene rings is 3. The maximum Gasteiger partial charge on any atom is 0.254 e. The highest BCUT2D eigenvalue weighted by atomic mass is 32.2. The van der Waals surface area contributed by atoms with Gasteiger partial charge in [-0.15, -0.1) is 0 Å². The summed E-state index contributed by atoms with van der Waals surface area (Å²) >= 11 is 0. The fraction of sp³-hybridized carbons (Fsp3) is 0.500. The van der Waals surface area contributed by atoms with Crippen LogP contribution in [0.3, 0.4) is 0 Å². The van der Waals surface area contributed by atoms with Crippen molar-refractivity contribution in [3.63, 3.8) is 0 Å². The Morgan fingerprint density at radius 2 is 1.64 bits per heavy atom. The van der Waals surface area contributed by atoms with Crippen molar-refractivity contribution >= 4 is 27.0 Å². The van der Waals surface area contributed by atoms with Gasteiger partial charge in [0.05, 0.1) is 15.9 Å². The highest BCUT2D eigenvalue weighted by Crippen LogP contribution is 2.45. The van der Waals surface area contributed by atoms with E-state index in [1.807, 2.05) is 17.9 Å². The molecule has 2 bridgehead atoms. The highest BCUT2D eigenvalue weighted by molar-refractivity contribution is 7.89. The largest absolute Gasteiger partial charge is 0.339 e. The van der Waals surface area contributed by atoms with Gasteiger partial charge in [0.25, 0.3) is 5.91 Å². The first kappa shape index (κ1) is 33.5. The molecular formula is C40H48FN5O3S. The number of hydrogen-bond donors (Lipinski definition) is 1. The van der Waals surface area contributed by atoms with Gasteiger partial charge in [-0.3, -0.25) is 9.69 Å². The topological polar surface area (TPSA) is 87.5 Å². The zero-order valence-electron chi connectivity index (χ0n) is 29.4. The molecule has 1 N–H and O–H groups in total. The SMILES string of the molecule is Cc1ccc(S(=O)(=O)NC2CC2)c(C)c1C(=O)N1CCC(CCN2C3CCC2CC(n2c(C)nc4ccccc42)C3)(c2cccc(F)c2)CC1. The third kappa shape index (κ3) is 6.07. The molecular weight excluding hydrogens is 650 g/mol. The molecule has 1 aromatic heterocycles. The molecule has 4 heterocycles. The second-order valence-corrected chi connectivity index (χ2v) is 17.1. The average molecular weight is 698 g/mol. The van der Waals surface area contributed by atoms with Crippen LogP contribution in [0.15, 0.2) is 65.6 Å². The number of para-hydroxylation sites is 2. The van der Waals surface area contributed by atoms with Crippen LogP contribution >= 0.6 is 0 Å². The van der Waals surface area contributed by atoms with E-state index in [0.29, 0.717) is 42.3 Å². The fourth-order valence-corrected chi connectivity index (χ4v) is 11.1. The number of amides is 1. The first-order valence-electron chi connectivity index (χ1n) is 18.4. The van der Waals surface area contributed by atoms with Crippen LogP contribution in [0.4, 0.5) is 4.39 Å². The lowest BCUT2D eigenvalue weighted by Gasteiger charge is -2.46. The van der Waals surface area contributed by atoms with E-state index in [4.69, 9.17) is 4.98 Å². The second-order valence-electron chi connectivity index (χ2n) is 15.4. The summed E-state index contributed by atoms with van der Waals surface area (Å²) in [6, 6.07) is 20.3. The quantitative estimate of drug-likeness (QED) is 0.204. The maximum atomic E-state index is 14.7. The van der Waals surface area contributed by atoms with Crippen molar-refractivity contribution in [2.75, 3.05) is 19.6 Å². The lowest BCUT2D eigenvalue weighted by molar-refractivity contribution is 0.0605. The molecule has 1 saturated carbocycles. The summed E-state index contributed by atoms with van der Waals surface area (Å²) in [6.07, 6.45) is 8.67. The minimum Gasteiger partial charge on any atom is -0.339 e. The summed E-state index contributed by atoms with van der Waals surface area (Å²) in [5.74, 6) is 0.733. The number of aromatic nitrogens is 2. The van der Waals surface area contributed by atoms with Crippen LogP contribution in [-0.2, 0) is 15.4 Å². The molecule has 4 aromatic rings. The van der Waals surface area contributed by atoms with Gasteiger partial charge in [0.15, 0.2) is 0 Å². The monoisotopic (exact) mass is 697 g/mol. The lowest BCUT2D eigenvalue weighted by atomic mass is 9.70. The van der Waals surface area contributed by atoms with Gasteiger partial charge < -0.3 is 9.47 Å². The number of fused-ring (bicyclic) bond motifs is 3. The van der Waals surface area contributed by atoms with E-state index in [1.165, 1.54) is 24.4 Å². The fourth-order valence-electron chi connectivity index (χ4n) is 9.52. The number of nitrogens with one attached hydrogen (secondary N) is 1. The number of carbonyl (C=O) groups is 1. The summed E-state index contributed by atoms with van der Waals surface area (Å²) in [4.78, 5) is 23.8. The van der Waals surface area contributed by atoms with Gasteiger partial charge in [-0.1, -0.05) is 30.3 Å². The number of piperidine rings is 2. The molecule has 1 aliphatic carbocycles. The zero-order valence-corrected chi connectivity index (χ0v) is 30.2. The maximum absolute atomic E-state index is 14.7.